The lowest BCUT2D eigenvalue weighted by Gasteiger charge is -2.02. The number of aromatic hydroxyl groups is 1. The molecule has 0 aliphatic rings. The third-order valence-electron chi connectivity index (χ3n) is 4.51. The van der Waals surface area contributed by atoms with Gasteiger partial charge in [-0.1, -0.05) is 36.4 Å². The molecule has 31 heavy (non-hydrogen) atoms. The molecule has 0 aliphatic carbocycles. The number of carbonyl (C=O) groups is 1. The Labute approximate surface area is 177 Å². The van der Waals surface area contributed by atoms with Gasteiger partial charge in [0.15, 0.2) is 5.69 Å². The molecule has 0 atom stereocenters. The first-order valence-electron chi connectivity index (χ1n) is 9.53. The number of nitrogens with zero attached hydrogens (tertiary/aromatic N) is 3. The highest BCUT2D eigenvalue weighted by molar-refractivity contribution is 5.75. The molecule has 0 saturated heterocycles. The van der Waals surface area contributed by atoms with Gasteiger partial charge < -0.3 is 10.2 Å². The van der Waals surface area contributed by atoms with Crippen LogP contribution in [0.2, 0.25) is 0 Å². The zero-order valence-electron chi connectivity index (χ0n) is 16.7. The number of rotatable bonds is 8. The first-order chi connectivity index (χ1) is 14.8. The number of aromatic nitrogens is 2. The van der Waals surface area contributed by atoms with Crippen molar-refractivity contribution in [3.63, 3.8) is 0 Å². The average Bonchev–Trinajstić information content (AvgIpc) is 3.00. The van der Waals surface area contributed by atoms with E-state index in [0.29, 0.717) is 17.7 Å². The van der Waals surface area contributed by atoms with E-state index in [-0.39, 0.29) is 35.9 Å². The number of carboxylic acids is 1. The summed E-state index contributed by atoms with van der Waals surface area (Å²) in [7, 11) is 0. The van der Waals surface area contributed by atoms with E-state index in [0.717, 1.165) is 5.56 Å². The minimum atomic E-state index is -0.930. The van der Waals surface area contributed by atoms with Crippen molar-refractivity contribution in [1.82, 2.24) is 9.78 Å². The van der Waals surface area contributed by atoms with Gasteiger partial charge in [0.05, 0.1) is 5.69 Å². The summed E-state index contributed by atoms with van der Waals surface area (Å²) < 4.78 is 14.3. The molecule has 0 spiro atoms. The molecule has 160 valence electrons. The molecule has 1 aromatic heterocycles. The van der Waals surface area contributed by atoms with Crippen LogP contribution in [0, 0.1) is 12.7 Å². The number of azo groups is 1. The van der Waals surface area contributed by atoms with Gasteiger partial charge in [-0.2, -0.15) is 0 Å². The minimum absolute atomic E-state index is 0.0482. The lowest BCUT2D eigenvalue weighted by molar-refractivity contribution is -0.137. The number of para-hydroxylation sites is 1. The van der Waals surface area contributed by atoms with Crippen LogP contribution in [0.4, 0.5) is 15.8 Å². The van der Waals surface area contributed by atoms with Crippen LogP contribution < -0.4 is 5.56 Å². The smallest absolute Gasteiger partial charge is 0.303 e. The number of phenolic OH excluding ortho intramolecular Hbond substituents is 1. The third-order valence-corrected chi connectivity index (χ3v) is 4.51. The van der Waals surface area contributed by atoms with E-state index < -0.39 is 11.5 Å². The van der Waals surface area contributed by atoms with Gasteiger partial charge in [-0.3, -0.25) is 19.4 Å². The summed E-state index contributed by atoms with van der Waals surface area (Å²) >= 11 is 0. The number of nitrogens with one attached hydrogen (secondary N) is 1. The molecule has 0 bridgehead atoms. The Hall–Kier alpha value is -4.01. The van der Waals surface area contributed by atoms with Gasteiger partial charge in [-0.05, 0) is 37.1 Å². The molecule has 8 nitrogen and oxygen atoms in total. The number of phenols is 1. The molecule has 0 amide bonds. The van der Waals surface area contributed by atoms with Crippen LogP contribution in [-0.2, 0) is 11.3 Å². The topological polar surface area (TPSA) is 120 Å². The highest BCUT2D eigenvalue weighted by atomic mass is 19.1. The second kappa shape index (κ2) is 9.66. The average molecular weight is 424 g/mol. The third kappa shape index (κ3) is 5.53. The van der Waals surface area contributed by atoms with E-state index in [1.807, 2.05) is 0 Å². The van der Waals surface area contributed by atoms with Gasteiger partial charge in [0.1, 0.15) is 17.3 Å². The molecule has 0 saturated carbocycles. The van der Waals surface area contributed by atoms with Gasteiger partial charge in [-0.25, -0.2) is 4.39 Å². The summed E-state index contributed by atoms with van der Waals surface area (Å²) in [6.45, 7) is 1.88. The summed E-state index contributed by atoms with van der Waals surface area (Å²) in [6.07, 6.45) is 3.64. The molecular weight excluding hydrogens is 403 g/mol. The number of H-pyrrole nitrogens is 1. The van der Waals surface area contributed by atoms with Crippen molar-refractivity contribution >= 4 is 29.5 Å². The van der Waals surface area contributed by atoms with Crippen LogP contribution in [-0.4, -0.2) is 26.0 Å². The van der Waals surface area contributed by atoms with Crippen molar-refractivity contribution < 1.29 is 19.4 Å². The summed E-state index contributed by atoms with van der Waals surface area (Å²) in [5.74, 6) is -1.37. The van der Waals surface area contributed by atoms with E-state index in [2.05, 4.69) is 15.3 Å². The Morgan fingerprint density at radius 2 is 1.90 bits per heavy atom. The zero-order chi connectivity index (χ0) is 22.4. The van der Waals surface area contributed by atoms with Crippen molar-refractivity contribution in [2.75, 3.05) is 0 Å². The highest BCUT2D eigenvalue weighted by Gasteiger charge is 2.12. The van der Waals surface area contributed by atoms with Crippen molar-refractivity contribution in [1.29, 1.82) is 0 Å². The van der Waals surface area contributed by atoms with Crippen LogP contribution in [0.1, 0.15) is 29.7 Å². The molecule has 3 rings (SSSR count). The normalized spacial score (nSPS) is 11.5. The fraction of sp³-hybridized carbons (Fsp3) is 0.182. The number of benzene rings is 2. The van der Waals surface area contributed by atoms with E-state index in [1.165, 1.54) is 16.8 Å². The lowest BCUT2D eigenvalue weighted by atomic mass is 10.1. The Morgan fingerprint density at radius 1 is 1.16 bits per heavy atom. The van der Waals surface area contributed by atoms with Gasteiger partial charge in [0, 0.05) is 18.5 Å². The molecule has 3 aromatic rings. The first kappa shape index (κ1) is 21.7. The van der Waals surface area contributed by atoms with Crippen LogP contribution >= 0.6 is 0 Å². The number of aromatic amines is 1. The van der Waals surface area contributed by atoms with Gasteiger partial charge in [0.2, 0.25) is 0 Å². The predicted molar refractivity (Wildman–Crippen MR) is 114 cm³/mol. The van der Waals surface area contributed by atoms with Gasteiger partial charge >= 0.3 is 5.97 Å². The number of aryl methyl sites for hydroxylation is 2. The summed E-state index contributed by atoms with van der Waals surface area (Å²) in [5, 5.41) is 30.1. The van der Waals surface area contributed by atoms with Crippen molar-refractivity contribution in [3.8, 4) is 5.75 Å². The molecule has 0 aliphatic heterocycles. The summed E-state index contributed by atoms with van der Waals surface area (Å²) in [6, 6.07) is 10.8. The van der Waals surface area contributed by atoms with Crippen molar-refractivity contribution in [2.45, 2.75) is 26.3 Å². The van der Waals surface area contributed by atoms with E-state index in [1.54, 1.807) is 49.4 Å². The Morgan fingerprint density at radius 3 is 2.61 bits per heavy atom. The fourth-order valence-corrected chi connectivity index (χ4v) is 2.89. The summed E-state index contributed by atoms with van der Waals surface area (Å²) in [4.78, 5) is 23.1. The minimum Gasteiger partial charge on any atom is -0.505 e. The molecule has 0 radical (unpaired) electrons. The van der Waals surface area contributed by atoms with Gasteiger partial charge in [-0.15, -0.1) is 10.2 Å². The SMILES string of the molecule is Cc1[nH]n(CCCC(=O)O)c(=O)c1N=Nc1cccc(/C=C/c2ccc(F)cc2)c1O. The Kier molecular flexibility index (Phi) is 6.76. The van der Waals surface area contributed by atoms with Gasteiger partial charge in [0.25, 0.3) is 5.56 Å². The fourth-order valence-electron chi connectivity index (χ4n) is 2.89. The first-order valence-corrected chi connectivity index (χ1v) is 9.53. The number of aliphatic carboxylic acids is 1. The van der Waals surface area contributed by atoms with Crippen LogP contribution in [0.25, 0.3) is 12.2 Å². The largest absolute Gasteiger partial charge is 0.505 e. The molecule has 1 heterocycles. The molecule has 9 heteroatoms. The quantitative estimate of drug-likeness (QED) is 0.356. The Bertz CT molecular complexity index is 1190. The predicted octanol–water partition coefficient (Wildman–Crippen LogP) is 4.78. The van der Waals surface area contributed by atoms with Crippen LogP contribution in [0.3, 0.4) is 0 Å². The van der Waals surface area contributed by atoms with E-state index in [4.69, 9.17) is 5.11 Å². The molecule has 3 N–H and O–H groups in total. The molecule has 0 fully saturated rings. The van der Waals surface area contributed by atoms with E-state index >= 15 is 0 Å². The van der Waals surface area contributed by atoms with Crippen LogP contribution in [0.15, 0.2) is 57.5 Å². The second-order valence-electron chi connectivity index (χ2n) is 6.84. The zero-order valence-corrected chi connectivity index (χ0v) is 16.7. The monoisotopic (exact) mass is 424 g/mol. The van der Waals surface area contributed by atoms with Crippen molar-refractivity contribution in [3.05, 3.63) is 75.5 Å². The van der Waals surface area contributed by atoms with E-state index in [9.17, 15) is 19.1 Å². The lowest BCUT2D eigenvalue weighted by Crippen LogP contribution is -2.17. The van der Waals surface area contributed by atoms with Crippen LogP contribution in [0.5, 0.6) is 5.75 Å². The maximum absolute atomic E-state index is 13.0. The standard InChI is InChI=1S/C22H21FN4O4/c1-14-20(22(31)27(26-14)13-3-6-19(28)29)25-24-18-5-2-4-16(21(18)30)10-7-15-8-11-17(23)12-9-15/h2,4-5,7-12,26,30H,3,6,13H2,1H3,(H,28,29)/b10-7+,25-24?. The number of halogens is 1. The molecular formula is C22H21FN4O4. The summed E-state index contributed by atoms with van der Waals surface area (Å²) in [5.41, 5.74) is 1.58. The second-order valence-corrected chi connectivity index (χ2v) is 6.84. The maximum Gasteiger partial charge on any atom is 0.303 e. The number of hydrogen-bond acceptors (Lipinski definition) is 5. The van der Waals surface area contributed by atoms with Crippen molar-refractivity contribution in [2.24, 2.45) is 10.2 Å². The maximum atomic E-state index is 13.0. The highest BCUT2D eigenvalue weighted by Crippen LogP contribution is 2.32. The number of carboxylic acid groups (broad SMARTS) is 1. The molecule has 0 unspecified atom stereocenters. The number of hydrogen-bond donors (Lipinski definition) is 3. The Balaban J connectivity index is 1.79. The molecule has 2 aromatic carbocycles.